The van der Waals surface area contributed by atoms with Gasteiger partial charge in [0.15, 0.2) is 29.0 Å². The average Bonchev–Trinajstić information content (AvgIpc) is 3.08. The first-order chi connectivity index (χ1) is 23.6. The van der Waals surface area contributed by atoms with Crippen molar-refractivity contribution in [1.82, 2.24) is 10.6 Å². The third-order valence-corrected chi connectivity index (χ3v) is 12.7. The number of carbonyl (C=O) groups excluding carboxylic acids is 1. The number of Topliss-reactive ketones (excluding diaryl/α,β-unsaturated/α-hetero) is 1. The van der Waals surface area contributed by atoms with Gasteiger partial charge in [-0.2, -0.15) is 0 Å². The Morgan fingerprint density at radius 2 is 1.82 bits per heavy atom. The number of ketones is 1. The molecule has 2 aromatic rings. The van der Waals surface area contributed by atoms with Crippen molar-refractivity contribution in [1.29, 1.82) is 0 Å². The lowest BCUT2D eigenvalue weighted by atomic mass is 9.78. The highest BCUT2D eigenvalue weighted by Crippen LogP contribution is 2.46. The molecule has 264 valence electrons. The van der Waals surface area contributed by atoms with Crippen molar-refractivity contribution in [2.24, 2.45) is 22.7 Å². The van der Waals surface area contributed by atoms with Crippen LogP contribution >= 0.6 is 21.6 Å². The first-order valence-corrected chi connectivity index (χ1v) is 19.7. The second-order valence-corrected chi connectivity index (χ2v) is 16.3. The van der Waals surface area contributed by atoms with E-state index < -0.39 is 12.4 Å². The molecule has 1 fully saturated rings. The number of methoxy groups -OCH3 is 1. The predicted molar refractivity (Wildman–Crippen MR) is 193 cm³/mol. The number of carbonyl (C=O) groups is 1. The number of rotatable bonds is 3. The van der Waals surface area contributed by atoms with Crippen molar-refractivity contribution in [2.45, 2.75) is 89.7 Å². The number of aryl methyl sites for hydroxylation is 2. The monoisotopic (exact) mass is 709 g/mol. The number of phenols is 2. The van der Waals surface area contributed by atoms with Crippen LogP contribution < -0.4 is 20.1 Å². The van der Waals surface area contributed by atoms with Gasteiger partial charge in [0.2, 0.25) is 6.29 Å². The Hall–Kier alpha value is -3.24. The zero-order valence-corrected chi connectivity index (χ0v) is 30.0. The minimum Gasteiger partial charge on any atom is -0.504 e. The molecule has 12 heteroatoms. The van der Waals surface area contributed by atoms with Gasteiger partial charge in [-0.1, -0.05) is 59.4 Å². The van der Waals surface area contributed by atoms with E-state index in [1.807, 2.05) is 27.7 Å². The highest BCUT2D eigenvalue weighted by atomic mass is 33.1. The standard InChI is InChI=1S/C37H47N3O7S2/c1-20(2)31-19-49-48-18-29(30-13-14-38-37(39-30)40-31)28-17-27-22-8-11-25(42)16-24(41)10-7-21-9-12-32(43)34(46-3)26(21)6-4-5-23(15-22)33(44)35(27)47-36(28)45/h9,12,15,20,25,28-31,36,42-45H,5,7-8,10-11,13-14,16-19H2,1-3H3,(H2,38,39,40). The Morgan fingerprint density at radius 3 is 2.61 bits per heavy atom. The topological polar surface area (TPSA) is 153 Å². The fourth-order valence-electron chi connectivity index (χ4n) is 7.25. The lowest BCUT2D eigenvalue weighted by molar-refractivity contribution is -0.121. The van der Waals surface area contributed by atoms with Gasteiger partial charge in [-0.25, -0.2) is 0 Å². The molecule has 0 saturated carbocycles. The van der Waals surface area contributed by atoms with Gasteiger partial charge in [-0.3, -0.25) is 9.79 Å². The Balaban J connectivity index is 1.33. The minimum absolute atomic E-state index is 0.0289. The lowest BCUT2D eigenvalue weighted by Crippen LogP contribution is -2.57. The van der Waals surface area contributed by atoms with Crippen LogP contribution in [0.1, 0.15) is 67.3 Å². The fourth-order valence-corrected chi connectivity index (χ4v) is 10.2. The van der Waals surface area contributed by atoms with Gasteiger partial charge in [0.1, 0.15) is 5.78 Å². The van der Waals surface area contributed by atoms with E-state index in [2.05, 4.69) is 36.3 Å². The quantitative estimate of drug-likeness (QED) is 0.202. The van der Waals surface area contributed by atoms with Crippen LogP contribution in [0.25, 0.3) is 0 Å². The summed E-state index contributed by atoms with van der Waals surface area (Å²) >= 11 is 0. The zero-order chi connectivity index (χ0) is 34.7. The molecule has 6 rings (SSSR count). The number of aromatic hydroxyl groups is 2. The zero-order valence-electron chi connectivity index (χ0n) is 28.3. The second kappa shape index (κ2) is 15.8. The average molecular weight is 710 g/mol. The number of guanidine groups is 1. The summed E-state index contributed by atoms with van der Waals surface area (Å²) in [6, 6.07) is 5.56. The fraction of sp³-hybridized carbons (Fsp3) is 0.568. The SMILES string of the molecule is COc1c(O)ccc2c1C#CCc1cc(c3c(c1O)OC(O)C(C1CSSCC(C(C)C)NC4=NCCC1N4)C3)CCC(O)CC(=O)CC2. The molecule has 1 aliphatic carbocycles. The third kappa shape index (κ3) is 8.06. The summed E-state index contributed by atoms with van der Waals surface area (Å²) in [5.41, 5.74) is 3.51. The van der Waals surface area contributed by atoms with Gasteiger partial charge < -0.3 is 40.5 Å². The number of aliphatic imine (C=N–C) groups is 1. The molecule has 4 aliphatic rings. The Labute approximate surface area is 296 Å². The van der Waals surface area contributed by atoms with E-state index in [0.29, 0.717) is 55.3 Å². The molecule has 49 heavy (non-hydrogen) atoms. The number of nitrogens with one attached hydrogen (secondary N) is 2. The number of fused-ring (bicyclic) bond motifs is 7. The number of ether oxygens (including phenoxy) is 2. The van der Waals surface area contributed by atoms with Gasteiger partial charge in [0, 0.05) is 66.4 Å². The van der Waals surface area contributed by atoms with E-state index in [4.69, 9.17) is 14.5 Å². The summed E-state index contributed by atoms with van der Waals surface area (Å²) in [5, 5.41) is 51.8. The molecule has 0 radical (unpaired) electrons. The summed E-state index contributed by atoms with van der Waals surface area (Å²) in [6.07, 6.45) is 1.01. The minimum atomic E-state index is -1.14. The maximum absolute atomic E-state index is 12.9. The van der Waals surface area contributed by atoms with Crippen LogP contribution in [-0.4, -0.2) is 81.8 Å². The van der Waals surface area contributed by atoms with Crippen molar-refractivity contribution < 1.29 is 34.7 Å². The van der Waals surface area contributed by atoms with E-state index in [1.54, 1.807) is 6.07 Å². The van der Waals surface area contributed by atoms with E-state index in [0.717, 1.165) is 40.6 Å². The molecular weight excluding hydrogens is 663 g/mol. The Bertz CT molecular complexity index is 1640. The maximum Gasteiger partial charge on any atom is 0.201 e. The molecule has 6 N–H and O–H groups in total. The van der Waals surface area contributed by atoms with Gasteiger partial charge in [0.05, 0.1) is 18.8 Å². The van der Waals surface area contributed by atoms with Crippen molar-refractivity contribution in [3.8, 4) is 34.8 Å². The Kier molecular flexibility index (Phi) is 11.4. The van der Waals surface area contributed by atoms with Crippen LogP contribution in [0.15, 0.2) is 23.2 Å². The largest absolute Gasteiger partial charge is 0.504 e. The van der Waals surface area contributed by atoms with E-state index >= 15 is 0 Å². The van der Waals surface area contributed by atoms with E-state index in [-0.39, 0.29) is 65.9 Å². The molecule has 0 aromatic heterocycles. The van der Waals surface area contributed by atoms with Crippen LogP contribution in [-0.2, 0) is 30.5 Å². The molecule has 10 nitrogen and oxygen atoms in total. The summed E-state index contributed by atoms with van der Waals surface area (Å²) in [7, 11) is 5.12. The number of aliphatic hydroxyl groups excluding tert-OH is 2. The maximum atomic E-state index is 12.9. The Morgan fingerprint density at radius 1 is 1.00 bits per heavy atom. The molecule has 2 aromatic carbocycles. The van der Waals surface area contributed by atoms with E-state index in [1.165, 1.54) is 13.2 Å². The van der Waals surface area contributed by atoms with Crippen LogP contribution in [0, 0.1) is 29.6 Å². The molecule has 3 aliphatic heterocycles. The van der Waals surface area contributed by atoms with Gasteiger partial charge in [-0.05, 0) is 61.1 Å². The summed E-state index contributed by atoms with van der Waals surface area (Å²) < 4.78 is 11.7. The molecule has 4 bridgehead atoms. The number of benzene rings is 2. The van der Waals surface area contributed by atoms with Crippen LogP contribution in [0.5, 0.6) is 23.0 Å². The lowest BCUT2D eigenvalue weighted by Gasteiger charge is -2.42. The number of phenolic OH excluding ortho intramolecular Hbond substituents is 2. The molecule has 0 spiro atoms. The number of nitrogens with zero attached hydrogens (tertiary/aromatic N) is 1. The number of aliphatic hydroxyl groups is 2. The number of hydrogen-bond donors (Lipinski definition) is 6. The smallest absolute Gasteiger partial charge is 0.201 e. The highest BCUT2D eigenvalue weighted by Gasteiger charge is 2.42. The van der Waals surface area contributed by atoms with Crippen molar-refractivity contribution in [2.75, 3.05) is 25.2 Å². The molecule has 0 amide bonds. The molecule has 6 unspecified atom stereocenters. The summed E-state index contributed by atoms with van der Waals surface area (Å²) in [4.78, 5) is 17.7. The van der Waals surface area contributed by atoms with Gasteiger partial charge in [-0.15, -0.1) is 0 Å². The first-order valence-electron chi connectivity index (χ1n) is 17.2. The second-order valence-electron chi connectivity index (χ2n) is 13.8. The van der Waals surface area contributed by atoms with Crippen LogP contribution in [0.2, 0.25) is 0 Å². The van der Waals surface area contributed by atoms with Gasteiger partial charge in [0.25, 0.3) is 0 Å². The van der Waals surface area contributed by atoms with E-state index in [9.17, 15) is 25.2 Å². The summed E-state index contributed by atoms with van der Waals surface area (Å²) in [6.45, 7) is 5.12. The van der Waals surface area contributed by atoms with Gasteiger partial charge >= 0.3 is 0 Å². The number of hydrogen-bond acceptors (Lipinski definition) is 12. The molecular formula is C37H47N3O7S2. The van der Waals surface area contributed by atoms with Crippen molar-refractivity contribution in [3.05, 3.63) is 46.0 Å². The third-order valence-electron chi connectivity index (χ3n) is 10.2. The van der Waals surface area contributed by atoms with Crippen molar-refractivity contribution >= 4 is 33.3 Å². The predicted octanol–water partition coefficient (Wildman–Crippen LogP) is 4.11. The van der Waals surface area contributed by atoms with Crippen molar-refractivity contribution in [3.63, 3.8) is 0 Å². The first kappa shape index (κ1) is 35.6. The highest BCUT2D eigenvalue weighted by molar-refractivity contribution is 8.76. The summed E-state index contributed by atoms with van der Waals surface area (Å²) in [5.74, 6) is 9.39. The molecule has 6 atom stereocenters. The normalized spacial score (nSPS) is 27.6. The van der Waals surface area contributed by atoms with Crippen LogP contribution in [0.4, 0.5) is 0 Å². The molecule has 3 heterocycles. The van der Waals surface area contributed by atoms with Crippen LogP contribution in [0.3, 0.4) is 0 Å². The molecule has 1 saturated heterocycles.